The lowest BCUT2D eigenvalue weighted by atomic mass is 10.2. The highest BCUT2D eigenvalue weighted by Gasteiger charge is 2.12. The molecular weight excluding hydrogens is 256 g/mol. The number of hydrogen-bond acceptors (Lipinski definition) is 5. The summed E-state index contributed by atoms with van der Waals surface area (Å²) in [6.07, 6.45) is 0. The van der Waals surface area contributed by atoms with Crippen molar-refractivity contribution in [2.45, 2.75) is 0 Å². The maximum absolute atomic E-state index is 5.30. The van der Waals surface area contributed by atoms with Gasteiger partial charge in [-0.05, 0) is 12.1 Å². The molecule has 5 heteroatoms. The van der Waals surface area contributed by atoms with Gasteiger partial charge in [-0.15, -0.1) is 5.11 Å². The number of nitrogens with zero attached hydrogens (tertiary/aromatic N) is 2. The van der Waals surface area contributed by atoms with Crippen LogP contribution in [0.2, 0.25) is 0 Å². The van der Waals surface area contributed by atoms with E-state index >= 15 is 0 Å². The standard InChI is InChI=1S/C15H16N2O3/c1-18-12-9-13(19-2)15(14(10-12)20-3)17-16-11-7-5-4-6-8-11/h4-10H,1-3H3. The van der Waals surface area contributed by atoms with Crippen molar-refractivity contribution in [2.24, 2.45) is 10.2 Å². The van der Waals surface area contributed by atoms with Crippen LogP contribution in [-0.2, 0) is 0 Å². The second-order valence-electron chi connectivity index (χ2n) is 3.92. The molecule has 0 aliphatic heterocycles. The van der Waals surface area contributed by atoms with Gasteiger partial charge >= 0.3 is 0 Å². The van der Waals surface area contributed by atoms with E-state index in [4.69, 9.17) is 14.2 Å². The number of benzene rings is 2. The van der Waals surface area contributed by atoms with E-state index in [2.05, 4.69) is 10.2 Å². The Morgan fingerprint density at radius 2 is 1.35 bits per heavy atom. The Labute approximate surface area is 117 Å². The van der Waals surface area contributed by atoms with Crippen LogP contribution in [0.25, 0.3) is 0 Å². The summed E-state index contributed by atoms with van der Waals surface area (Å²) in [6.45, 7) is 0. The third-order valence-electron chi connectivity index (χ3n) is 2.71. The first-order chi connectivity index (χ1) is 9.78. The Morgan fingerprint density at radius 1 is 0.750 bits per heavy atom. The maximum atomic E-state index is 5.30. The summed E-state index contributed by atoms with van der Waals surface area (Å²) in [5.74, 6) is 1.72. The topological polar surface area (TPSA) is 52.4 Å². The van der Waals surface area contributed by atoms with Gasteiger partial charge in [0.2, 0.25) is 0 Å². The van der Waals surface area contributed by atoms with E-state index in [1.807, 2.05) is 30.3 Å². The van der Waals surface area contributed by atoms with Gasteiger partial charge in [0.1, 0.15) is 5.75 Å². The zero-order valence-electron chi connectivity index (χ0n) is 11.7. The average molecular weight is 272 g/mol. The van der Waals surface area contributed by atoms with E-state index in [1.165, 1.54) is 0 Å². The fourth-order valence-electron chi connectivity index (χ4n) is 1.69. The number of methoxy groups -OCH3 is 3. The fourth-order valence-corrected chi connectivity index (χ4v) is 1.69. The lowest BCUT2D eigenvalue weighted by Gasteiger charge is -2.11. The Balaban J connectivity index is 2.42. The number of ether oxygens (including phenoxy) is 3. The number of hydrogen-bond donors (Lipinski definition) is 0. The minimum Gasteiger partial charge on any atom is -0.496 e. The first kappa shape index (κ1) is 13.9. The SMILES string of the molecule is COc1cc(OC)c(N=Nc2ccccc2)c(OC)c1. The van der Waals surface area contributed by atoms with Crippen molar-refractivity contribution in [1.82, 2.24) is 0 Å². The van der Waals surface area contributed by atoms with Crippen molar-refractivity contribution >= 4 is 11.4 Å². The second-order valence-corrected chi connectivity index (χ2v) is 3.92. The monoisotopic (exact) mass is 272 g/mol. The zero-order chi connectivity index (χ0) is 14.4. The van der Waals surface area contributed by atoms with Gasteiger partial charge in [0.15, 0.2) is 17.2 Å². The molecule has 0 spiro atoms. The lowest BCUT2D eigenvalue weighted by Crippen LogP contribution is -1.91. The molecule has 0 amide bonds. The van der Waals surface area contributed by atoms with Gasteiger partial charge in [0.25, 0.3) is 0 Å². The van der Waals surface area contributed by atoms with Gasteiger partial charge in [0.05, 0.1) is 27.0 Å². The molecule has 104 valence electrons. The fraction of sp³-hybridized carbons (Fsp3) is 0.200. The van der Waals surface area contributed by atoms with Gasteiger partial charge in [-0.1, -0.05) is 18.2 Å². The van der Waals surface area contributed by atoms with Crippen LogP contribution in [0.15, 0.2) is 52.7 Å². The molecule has 0 N–H and O–H groups in total. The molecule has 0 unspecified atom stereocenters. The first-order valence-electron chi connectivity index (χ1n) is 6.05. The average Bonchev–Trinajstić information content (AvgIpc) is 2.52. The molecule has 2 aromatic carbocycles. The van der Waals surface area contributed by atoms with E-state index in [-0.39, 0.29) is 0 Å². The zero-order valence-corrected chi connectivity index (χ0v) is 11.7. The van der Waals surface area contributed by atoms with Gasteiger partial charge < -0.3 is 14.2 Å². The summed E-state index contributed by atoms with van der Waals surface area (Å²) in [6, 6.07) is 12.9. The van der Waals surface area contributed by atoms with Crippen molar-refractivity contribution in [3.63, 3.8) is 0 Å². The van der Waals surface area contributed by atoms with Crippen molar-refractivity contribution in [3.8, 4) is 17.2 Å². The van der Waals surface area contributed by atoms with Gasteiger partial charge in [-0.3, -0.25) is 0 Å². The highest BCUT2D eigenvalue weighted by atomic mass is 16.5. The smallest absolute Gasteiger partial charge is 0.170 e. The van der Waals surface area contributed by atoms with E-state index in [0.717, 1.165) is 5.69 Å². The van der Waals surface area contributed by atoms with E-state index < -0.39 is 0 Å². The Bertz CT molecular complexity index is 572. The lowest BCUT2D eigenvalue weighted by molar-refractivity contribution is 0.377. The molecule has 0 aliphatic carbocycles. The first-order valence-corrected chi connectivity index (χ1v) is 6.05. The molecule has 0 aromatic heterocycles. The molecule has 0 atom stereocenters. The Hall–Kier alpha value is -2.56. The molecule has 2 rings (SSSR count). The molecular formula is C15H16N2O3. The molecule has 0 aliphatic rings. The predicted octanol–water partition coefficient (Wildman–Crippen LogP) is 4.13. The minimum atomic E-state index is 0.527. The highest BCUT2D eigenvalue weighted by molar-refractivity contribution is 5.65. The largest absolute Gasteiger partial charge is 0.496 e. The predicted molar refractivity (Wildman–Crippen MR) is 76.7 cm³/mol. The van der Waals surface area contributed by atoms with E-state index in [9.17, 15) is 0 Å². The molecule has 0 heterocycles. The minimum absolute atomic E-state index is 0.527. The van der Waals surface area contributed by atoms with Crippen LogP contribution >= 0.6 is 0 Å². The van der Waals surface area contributed by atoms with Gasteiger partial charge in [0, 0.05) is 12.1 Å². The third kappa shape index (κ3) is 3.06. The Kier molecular flexibility index (Phi) is 4.55. The van der Waals surface area contributed by atoms with E-state index in [0.29, 0.717) is 22.9 Å². The van der Waals surface area contributed by atoms with Gasteiger partial charge in [-0.2, -0.15) is 5.11 Å². The molecule has 0 fully saturated rings. The van der Waals surface area contributed by atoms with Crippen molar-refractivity contribution in [1.29, 1.82) is 0 Å². The van der Waals surface area contributed by atoms with Crippen LogP contribution < -0.4 is 14.2 Å². The van der Waals surface area contributed by atoms with Crippen LogP contribution in [0.5, 0.6) is 17.2 Å². The molecule has 20 heavy (non-hydrogen) atoms. The quantitative estimate of drug-likeness (QED) is 0.769. The number of azo groups is 1. The summed E-state index contributed by atoms with van der Waals surface area (Å²) in [5.41, 5.74) is 1.28. The summed E-state index contributed by atoms with van der Waals surface area (Å²) < 4.78 is 15.8. The van der Waals surface area contributed by atoms with Crippen LogP contribution in [0.3, 0.4) is 0 Å². The second kappa shape index (κ2) is 6.56. The van der Waals surface area contributed by atoms with E-state index in [1.54, 1.807) is 33.5 Å². The summed E-state index contributed by atoms with van der Waals surface area (Å²) >= 11 is 0. The molecule has 0 saturated carbocycles. The van der Waals surface area contributed by atoms with Crippen LogP contribution in [-0.4, -0.2) is 21.3 Å². The van der Waals surface area contributed by atoms with Crippen molar-refractivity contribution < 1.29 is 14.2 Å². The number of rotatable bonds is 5. The highest BCUT2D eigenvalue weighted by Crippen LogP contribution is 2.41. The van der Waals surface area contributed by atoms with Crippen molar-refractivity contribution in [2.75, 3.05) is 21.3 Å². The van der Waals surface area contributed by atoms with Crippen LogP contribution in [0.1, 0.15) is 0 Å². The molecule has 0 saturated heterocycles. The Morgan fingerprint density at radius 3 is 1.85 bits per heavy atom. The maximum Gasteiger partial charge on any atom is 0.170 e. The normalized spacial score (nSPS) is 10.6. The summed E-state index contributed by atoms with van der Waals surface area (Å²) in [7, 11) is 4.71. The molecule has 5 nitrogen and oxygen atoms in total. The van der Waals surface area contributed by atoms with Crippen LogP contribution in [0.4, 0.5) is 11.4 Å². The third-order valence-corrected chi connectivity index (χ3v) is 2.71. The molecule has 0 radical (unpaired) electrons. The van der Waals surface area contributed by atoms with Gasteiger partial charge in [-0.25, -0.2) is 0 Å². The summed E-state index contributed by atoms with van der Waals surface area (Å²) in [5, 5.41) is 8.39. The van der Waals surface area contributed by atoms with Crippen molar-refractivity contribution in [3.05, 3.63) is 42.5 Å². The van der Waals surface area contributed by atoms with Crippen LogP contribution in [0, 0.1) is 0 Å². The molecule has 0 bridgehead atoms. The summed E-state index contributed by atoms with van der Waals surface area (Å²) in [4.78, 5) is 0. The molecule has 2 aromatic rings.